The third-order valence-electron chi connectivity index (χ3n) is 3.71. The maximum atomic E-state index is 12.6. The van der Waals surface area contributed by atoms with Crippen molar-refractivity contribution in [3.63, 3.8) is 0 Å². The molecule has 1 aromatic heterocycles. The zero-order valence-electron chi connectivity index (χ0n) is 14.5. The summed E-state index contributed by atoms with van der Waals surface area (Å²) in [6.45, 7) is 5.42. The summed E-state index contributed by atoms with van der Waals surface area (Å²) in [7, 11) is 3.64. The molecule has 1 N–H and O–H groups in total. The number of carbonyl (C=O) groups is 1. The fourth-order valence-electron chi connectivity index (χ4n) is 2.21. The van der Waals surface area contributed by atoms with E-state index < -0.39 is 0 Å². The Balaban J connectivity index is 0.00000288. The second-order valence-electron chi connectivity index (χ2n) is 5.42. The summed E-state index contributed by atoms with van der Waals surface area (Å²) >= 11 is 0. The van der Waals surface area contributed by atoms with Gasteiger partial charge in [0, 0.05) is 20.1 Å². The average molecular weight is 354 g/mol. The molecule has 0 aliphatic rings. The van der Waals surface area contributed by atoms with Gasteiger partial charge in [-0.1, -0.05) is 17.3 Å². The number of likely N-dealkylation sites (N-methyl/N-ethyl adjacent to an activating group) is 2. The number of halogens is 1. The molecule has 0 saturated heterocycles. The highest BCUT2D eigenvalue weighted by molar-refractivity contribution is 5.96. The largest absolute Gasteiger partial charge is 0.488 e. The zero-order valence-corrected chi connectivity index (χ0v) is 15.3. The topological polar surface area (TPSA) is 67.6 Å². The van der Waals surface area contributed by atoms with Gasteiger partial charge >= 0.3 is 0 Å². The molecule has 1 heterocycles. The van der Waals surface area contributed by atoms with Crippen LogP contribution >= 0.6 is 12.4 Å². The lowest BCUT2D eigenvalue weighted by molar-refractivity contribution is 0.0792. The molecule has 0 aliphatic carbocycles. The Morgan fingerprint density at radius 1 is 1.33 bits per heavy atom. The van der Waals surface area contributed by atoms with Gasteiger partial charge in [0.2, 0.25) is 0 Å². The predicted octanol–water partition coefficient (Wildman–Crippen LogP) is 2.58. The molecule has 2 aromatic rings. The number of aromatic nitrogens is 1. The number of aryl methyl sites for hydroxylation is 2. The van der Waals surface area contributed by atoms with E-state index in [0.29, 0.717) is 24.5 Å². The van der Waals surface area contributed by atoms with Gasteiger partial charge in [-0.3, -0.25) is 4.79 Å². The van der Waals surface area contributed by atoms with Gasteiger partial charge in [-0.25, -0.2) is 0 Å². The smallest absolute Gasteiger partial charge is 0.257 e. The van der Waals surface area contributed by atoms with Crippen molar-refractivity contribution in [1.82, 2.24) is 15.4 Å². The fraction of sp³-hybridized carbons (Fsp3) is 0.412. The van der Waals surface area contributed by atoms with Crippen LogP contribution in [0.25, 0.3) is 0 Å². The zero-order chi connectivity index (χ0) is 16.8. The van der Waals surface area contributed by atoms with E-state index in [2.05, 4.69) is 10.5 Å². The van der Waals surface area contributed by atoms with Crippen LogP contribution in [0.2, 0.25) is 0 Å². The molecule has 2 rings (SSSR count). The number of hydrogen-bond acceptors (Lipinski definition) is 5. The average Bonchev–Trinajstić information content (AvgIpc) is 2.88. The van der Waals surface area contributed by atoms with Gasteiger partial charge in [-0.05, 0) is 33.0 Å². The molecule has 0 atom stereocenters. The van der Waals surface area contributed by atoms with E-state index in [1.807, 2.05) is 33.0 Å². The third kappa shape index (κ3) is 4.72. The fourth-order valence-corrected chi connectivity index (χ4v) is 2.21. The quantitative estimate of drug-likeness (QED) is 0.828. The van der Waals surface area contributed by atoms with Crippen LogP contribution in [0.5, 0.6) is 5.75 Å². The van der Waals surface area contributed by atoms with E-state index in [-0.39, 0.29) is 18.3 Å². The van der Waals surface area contributed by atoms with Crippen molar-refractivity contribution < 1.29 is 14.1 Å². The van der Waals surface area contributed by atoms with Crippen LogP contribution in [0.3, 0.4) is 0 Å². The number of benzene rings is 1. The van der Waals surface area contributed by atoms with Gasteiger partial charge in [0.05, 0.1) is 16.8 Å². The van der Waals surface area contributed by atoms with Crippen molar-refractivity contribution in [2.75, 3.05) is 27.2 Å². The Hall–Kier alpha value is -2.05. The number of carbonyl (C=O) groups excluding carboxylic acids is 1. The first-order valence-corrected chi connectivity index (χ1v) is 7.58. The van der Waals surface area contributed by atoms with Crippen molar-refractivity contribution in [2.24, 2.45) is 0 Å². The van der Waals surface area contributed by atoms with Crippen LogP contribution in [0.15, 0.2) is 28.8 Å². The monoisotopic (exact) mass is 353 g/mol. The van der Waals surface area contributed by atoms with E-state index in [0.717, 1.165) is 23.6 Å². The van der Waals surface area contributed by atoms with Crippen LogP contribution in [0, 0.1) is 13.8 Å². The lowest BCUT2D eigenvalue weighted by Crippen LogP contribution is -2.33. The summed E-state index contributed by atoms with van der Waals surface area (Å²) in [5.41, 5.74) is 2.27. The molecule has 7 heteroatoms. The molecule has 0 fully saturated rings. The Bertz CT molecular complexity index is 653. The molecule has 6 nitrogen and oxygen atoms in total. The minimum Gasteiger partial charge on any atom is -0.488 e. The number of ether oxygens (including phenoxy) is 1. The Morgan fingerprint density at radius 3 is 2.67 bits per heavy atom. The third-order valence-corrected chi connectivity index (χ3v) is 3.71. The molecule has 1 aromatic carbocycles. The van der Waals surface area contributed by atoms with E-state index in [1.54, 1.807) is 24.1 Å². The number of para-hydroxylation sites is 1. The first-order valence-electron chi connectivity index (χ1n) is 7.58. The molecule has 0 bridgehead atoms. The number of nitrogens with zero attached hydrogens (tertiary/aromatic N) is 2. The van der Waals surface area contributed by atoms with Gasteiger partial charge in [0.25, 0.3) is 5.91 Å². The van der Waals surface area contributed by atoms with Crippen molar-refractivity contribution in [1.29, 1.82) is 0 Å². The predicted molar refractivity (Wildman–Crippen MR) is 94.9 cm³/mol. The second kappa shape index (κ2) is 9.30. The van der Waals surface area contributed by atoms with Crippen molar-refractivity contribution in [2.45, 2.75) is 20.5 Å². The maximum absolute atomic E-state index is 12.6. The highest BCUT2D eigenvalue weighted by atomic mass is 35.5. The summed E-state index contributed by atoms with van der Waals surface area (Å²) in [6, 6.07) is 7.27. The molecular weight excluding hydrogens is 330 g/mol. The molecule has 0 saturated carbocycles. The Labute approximate surface area is 148 Å². The van der Waals surface area contributed by atoms with Crippen molar-refractivity contribution in [3.05, 3.63) is 46.8 Å². The van der Waals surface area contributed by atoms with Crippen LogP contribution in [-0.2, 0) is 6.61 Å². The van der Waals surface area contributed by atoms with E-state index in [1.165, 1.54) is 0 Å². The summed E-state index contributed by atoms with van der Waals surface area (Å²) in [5.74, 6) is 1.24. The highest BCUT2D eigenvalue weighted by Gasteiger charge is 2.17. The summed E-state index contributed by atoms with van der Waals surface area (Å²) < 4.78 is 11.0. The molecule has 1 amide bonds. The summed E-state index contributed by atoms with van der Waals surface area (Å²) in [5, 5.41) is 6.94. The van der Waals surface area contributed by atoms with Crippen LogP contribution < -0.4 is 10.1 Å². The Kier molecular flexibility index (Phi) is 7.74. The molecule has 0 aliphatic heterocycles. The lowest BCUT2D eigenvalue weighted by Gasteiger charge is -2.19. The van der Waals surface area contributed by atoms with E-state index in [9.17, 15) is 4.79 Å². The molecule has 0 radical (unpaired) electrons. The van der Waals surface area contributed by atoms with Gasteiger partial charge in [0.1, 0.15) is 18.1 Å². The molecular formula is C17H24ClN3O3. The molecule has 132 valence electrons. The van der Waals surface area contributed by atoms with Crippen molar-refractivity contribution in [3.8, 4) is 5.75 Å². The lowest BCUT2D eigenvalue weighted by atomic mass is 10.1. The van der Waals surface area contributed by atoms with E-state index >= 15 is 0 Å². The van der Waals surface area contributed by atoms with Gasteiger partial charge in [0.15, 0.2) is 0 Å². The minimum absolute atomic E-state index is 0. The van der Waals surface area contributed by atoms with Crippen LogP contribution in [0.1, 0.15) is 27.4 Å². The Morgan fingerprint density at radius 2 is 2.04 bits per heavy atom. The number of nitrogens with one attached hydrogen (secondary N) is 1. The number of hydrogen-bond donors (Lipinski definition) is 1. The van der Waals surface area contributed by atoms with Gasteiger partial charge in [-0.15, -0.1) is 12.4 Å². The molecule has 0 spiro atoms. The first kappa shape index (κ1) is 20.0. The standard InChI is InChI=1S/C17H23N3O3.ClH/c1-12-15(13(2)23-19-12)11-22-16-8-6-5-7-14(16)17(21)20(4)10-9-18-3;/h5-8,18H,9-11H2,1-4H3;1H. The van der Waals surface area contributed by atoms with Gasteiger partial charge in [-0.2, -0.15) is 0 Å². The SMILES string of the molecule is CNCCN(C)C(=O)c1ccccc1OCc1c(C)noc1C.Cl. The maximum Gasteiger partial charge on any atom is 0.257 e. The van der Waals surface area contributed by atoms with Gasteiger partial charge < -0.3 is 19.5 Å². The highest BCUT2D eigenvalue weighted by Crippen LogP contribution is 2.22. The second-order valence-corrected chi connectivity index (χ2v) is 5.42. The summed E-state index contributed by atoms with van der Waals surface area (Å²) in [4.78, 5) is 14.2. The molecule has 24 heavy (non-hydrogen) atoms. The van der Waals surface area contributed by atoms with Crippen LogP contribution in [0.4, 0.5) is 0 Å². The minimum atomic E-state index is -0.0605. The summed E-state index contributed by atoms with van der Waals surface area (Å²) in [6.07, 6.45) is 0. The normalized spacial score (nSPS) is 10.2. The molecule has 0 unspecified atom stereocenters. The number of amides is 1. The van der Waals surface area contributed by atoms with Crippen molar-refractivity contribution >= 4 is 18.3 Å². The first-order chi connectivity index (χ1) is 11.0. The number of rotatable bonds is 7. The van der Waals surface area contributed by atoms with Crippen LogP contribution in [-0.4, -0.2) is 43.1 Å². The van der Waals surface area contributed by atoms with E-state index in [4.69, 9.17) is 9.26 Å².